The molecule has 1 saturated heterocycles. The molecule has 1 fully saturated rings. The number of halogens is 1. The number of hydrogen-bond donors (Lipinski definition) is 1. The van der Waals surface area contributed by atoms with Gasteiger partial charge < -0.3 is 10.2 Å². The van der Waals surface area contributed by atoms with Crippen molar-refractivity contribution >= 4 is 21.6 Å². The number of likely N-dealkylation sites (tertiary alicyclic amines) is 1. The van der Waals surface area contributed by atoms with Crippen molar-refractivity contribution in [2.24, 2.45) is 0 Å². The molecule has 0 spiro atoms. The zero-order valence-corrected chi connectivity index (χ0v) is 16.0. The van der Waals surface area contributed by atoms with Crippen LogP contribution in [0.4, 0.5) is 4.39 Å². The number of rotatable bonds is 4. The van der Waals surface area contributed by atoms with E-state index in [1.165, 1.54) is 4.70 Å². The molecule has 1 aliphatic rings. The van der Waals surface area contributed by atoms with E-state index in [1.54, 1.807) is 17.4 Å². The van der Waals surface area contributed by atoms with Crippen LogP contribution in [-0.2, 0) is 0 Å². The van der Waals surface area contributed by atoms with Crippen LogP contribution < -0.4 is 5.32 Å². The fraction of sp³-hybridized carbons (Fsp3) is 0.381. The molecule has 3 aromatic rings. The predicted octanol–water partition coefficient (Wildman–Crippen LogP) is 4.52. The molecule has 1 aliphatic heterocycles. The molecule has 0 radical (unpaired) electrons. The van der Waals surface area contributed by atoms with E-state index in [4.69, 9.17) is 4.98 Å². The second-order valence-electron chi connectivity index (χ2n) is 7.21. The Labute approximate surface area is 157 Å². The third kappa shape index (κ3) is 3.65. The van der Waals surface area contributed by atoms with Gasteiger partial charge in [-0.3, -0.25) is 0 Å². The molecule has 1 aromatic heterocycles. The molecule has 0 aliphatic carbocycles. The molecule has 136 valence electrons. The van der Waals surface area contributed by atoms with Crippen molar-refractivity contribution in [3.8, 4) is 0 Å². The van der Waals surface area contributed by atoms with Crippen LogP contribution >= 0.6 is 11.3 Å². The highest BCUT2D eigenvalue weighted by molar-refractivity contribution is 7.18. The van der Waals surface area contributed by atoms with E-state index < -0.39 is 0 Å². The van der Waals surface area contributed by atoms with Crippen LogP contribution in [0.2, 0.25) is 0 Å². The Morgan fingerprint density at radius 3 is 2.69 bits per heavy atom. The predicted molar refractivity (Wildman–Crippen MR) is 106 cm³/mol. The van der Waals surface area contributed by atoms with Gasteiger partial charge in [0.05, 0.1) is 16.3 Å². The Balaban J connectivity index is 1.69. The van der Waals surface area contributed by atoms with Crippen molar-refractivity contribution < 1.29 is 4.39 Å². The summed E-state index contributed by atoms with van der Waals surface area (Å²) in [6, 6.07) is 14.1. The number of aromatic nitrogens is 1. The lowest BCUT2D eigenvalue weighted by molar-refractivity contribution is 0.229. The second kappa shape index (κ2) is 7.43. The van der Waals surface area contributed by atoms with Gasteiger partial charge in [0.1, 0.15) is 10.8 Å². The third-order valence-corrected chi connectivity index (χ3v) is 6.29. The van der Waals surface area contributed by atoms with E-state index in [1.807, 2.05) is 31.2 Å². The largest absolute Gasteiger partial charge is 0.306 e. The molecule has 1 unspecified atom stereocenters. The maximum Gasteiger partial charge on any atom is 0.126 e. The van der Waals surface area contributed by atoms with Crippen molar-refractivity contribution in [3.05, 3.63) is 64.4 Å². The summed E-state index contributed by atoms with van der Waals surface area (Å²) >= 11 is 1.72. The van der Waals surface area contributed by atoms with Gasteiger partial charge in [0, 0.05) is 6.04 Å². The molecule has 5 heteroatoms. The highest BCUT2D eigenvalue weighted by Crippen LogP contribution is 2.32. The monoisotopic (exact) mass is 369 g/mol. The molecule has 4 rings (SSSR count). The van der Waals surface area contributed by atoms with Gasteiger partial charge in [-0.05, 0) is 69.2 Å². The number of nitrogens with zero attached hydrogens (tertiary/aromatic N) is 2. The number of thiazole rings is 1. The topological polar surface area (TPSA) is 28.2 Å². The fourth-order valence-corrected chi connectivity index (χ4v) is 4.64. The van der Waals surface area contributed by atoms with Crippen LogP contribution in [0.25, 0.3) is 10.2 Å². The molecule has 26 heavy (non-hydrogen) atoms. The quantitative estimate of drug-likeness (QED) is 0.733. The first kappa shape index (κ1) is 17.6. The molecule has 2 heterocycles. The van der Waals surface area contributed by atoms with Gasteiger partial charge in [-0.15, -0.1) is 11.3 Å². The first-order chi connectivity index (χ1) is 12.6. The van der Waals surface area contributed by atoms with E-state index in [-0.39, 0.29) is 11.9 Å². The Morgan fingerprint density at radius 2 is 1.96 bits per heavy atom. The molecule has 0 saturated carbocycles. The van der Waals surface area contributed by atoms with Crippen molar-refractivity contribution in [3.63, 3.8) is 0 Å². The maximum absolute atomic E-state index is 13.8. The number of para-hydroxylation sites is 1. The van der Waals surface area contributed by atoms with Crippen LogP contribution in [-0.4, -0.2) is 36.1 Å². The summed E-state index contributed by atoms with van der Waals surface area (Å²) in [5.41, 5.74) is 2.79. The average Bonchev–Trinajstić information content (AvgIpc) is 3.07. The molecule has 0 amide bonds. The van der Waals surface area contributed by atoms with E-state index in [0.717, 1.165) is 42.0 Å². The lowest BCUT2D eigenvalue weighted by Gasteiger charge is -2.32. The average molecular weight is 370 g/mol. The zero-order chi connectivity index (χ0) is 18.1. The minimum atomic E-state index is -0.156. The Hall–Kier alpha value is -1.82. The van der Waals surface area contributed by atoms with E-state index in [9.17, 15) is 4.39 Å². The molecule has 3 nitrogen and oxygen atoms in total. The summed E-state index contributed by atoms with van der Waals surface area (Å²) < 4.78 is 15.0. The smallest absolute Gasteiger partial charge is 0.126 e. The highest BCUT2D eigenvalue weighted by atomic mass is 32.1. The lowest BCUT2D eigenvalue weighted by Crippen LogP contribution is -2.42. The molecule has 1 atom stereocenters. The number of aryl methyl sites for hydroxylation is 1. The summed E-state index contributed by atoms with van der Waals surface area (Å²) in [6.07, 6.45) is 2.25. The molecule has 1 N–H and O–H groups in total. The normalized spacial score (nSPS) is 17.7. The maximum atomic E-state index is 13.8. The van der Waals surface area contributed by atoms with Crippen LogP contribution in [0, 0.1) is 12.7 Å². The number of piperidine rings is 1. The third-order valence-electron chi connectivity index (χ3n) is 5.19. The highest BCUT2D eigenvalue weighted by Gasteiger charge is 2.25. The van der Waals surface area contributed by atoms with Gasteiger partial charge in [0.15, 0.2) is 0 Å². The van der Waals surface area contributed by atoms with Crippen LogP contribution in [0.3, 0.4) is 0 Å². The number of nitrogens with one attached hydrogen (secondary N) is 1. The summed E-state index contributed by atoms with van der Waals surface area (Å²) in [7, 11) is 2.17. The molecular weight excluding hydrogens is 345 g/mol. The van der Waals surface area contributed by atoms with Gasteiger partial charge in [0.25, 0.3) is 0 Å². The van der Waals surface area contributed by atoms with E-state index >= 15 is 0 Å². The van der Waals surface area contributed by atoms with E-state index in [0.29, 0.717) is 11.6 Å². The number of hydrogen-bond acceptors (Lipinski definition) is 4. The first-order valence-electron chi connectivity index (χ1n) is 9.16. The Morgan fingerprint density at radius 1 is 1.19 bits per heavy atom. The van der Waals surface area contributed by atoms with Gasteiger partial charge in [-0.25, -0.2) is 9.37 Å². The van der Waals surface area contributed by atoms with Crippen molar-refractivity contribution in [2.45, 2.75) is 31.8 Å². The lowest BCUT2D eigenvalue weighted by atomic mass is 10.00. The standard InChI is InChI=1S/C21H24FN3S/c1-14-13-15(7-8-17(14)22)20(23-16-9-11-25(2)12-10-16)21-24-18-5-3-4-6-19(18)26-21/h3-8,13,16,20,23H,9-12H2,1-2H3. The SMILES string of the molecule is Cc1cc(C(NC2CCN(C)CC2)c2nc3ccccc3s2)ccc1F. The second-order valence-corrected chi connectivity index (χ2v) is 8.27. The summed E-state index contributed by atoms with van der Waals surface area (Å²) in [6.45, 7) is 4.03. The van der Waals surface area contributed by atoms with Gasteiger partial charge >= 0.3 is 0 Å². The van der Waals surface area contributed by atoms with Gasteiger partial charge in [-0.2, -0.15) is 0 Å². The molecule has 2 aromatic carbocycles. The summed E-state index contributed by atoms with van der Waals surface area (Å²) in [5.74, 6) is -0.156. The summed E-state index contributed by atoms with van der Waals surface area (Å²) in [4.78, 5) is 7.24. The Kier molecular flexibility index (Phi) is 5.02. The molecule has 0 bridgehead atoms. The van der Waals surface area contributed by atoms with Crippen LogP contribution in [0.1, 0.15) is 35.0 Å². The zero-order valence-electron chi connectivity index (χ0n) is 15.2. The fourth-order valence-electron chi connectivity index (χ4n) is 3.58. The minimum absolute atomic E-state index is 0.0000983. The van der Waals surface area contributed by atoms with Crippen LogP contribution in [0.5, 0.6) is 0 Å². The number of fused-ring (bicyclic) bond motifs is 1. The minimum Gasteiger partial charge on any atom is -0.306 e. The Bertz CT molecular complexity index is 866. The first-order valence-corrected chi connectivity index (χ1v) is 9.98. The van der Waals surface area contributed by atoms with Crippen molar-refractivity contribution in [2.75, 3.05) is 20.1 Å². The van der Waals surface area contributed by atoms with Gasteiger partial charge in [0.2, 0.25) is 0 Å². The van der Waals surface area contributed by atoms with Gasteiger partial charge in [-0.1, -0.05) is 24.3 Å². The van der Waals surface area contributed by atoms with Crippen molar-refractivity contribution in [1.82, 2.24) is 15.2 Å². The molecular formula is C21H24FN3S. The van der Waals surface area contributed by atoms with Crippen molar-refractivity contribution in [1.29, 1.82) is 0 Å². The number of benzene rings is 2. The van der Waals surface area contributed by atoms with Crippen LogP contribution in [0.15, 0.2) is 42.5 Å². The summed E-state index contributed by atoms with van der Waals surface area (Å²) in [5, 5.41) is 4.87. The van der Waals surface area contributed by atoms with E-state index in [2.05, 4.69) is 29.4 Å².